The fraction of sp³-hybridized carbons (Fsp3) is 0.700. The van der Waals surface area contributed by atoms with E-state index in [-0.39, 0.29) is 22.5 Å². The zero-order valence-corrected chi connectivity index (χ0v) is 16.0. The van der Waals surface area contributed by atoms with Crippen molar-refractivity contribution in [1.82, 2.24) is 5.32 Å². The van der Waals surface area contributed by atoms with Crippen LogP contribution in [0.5, 0.6) is 0 Å². The van der Waals surface area contributed by atoms with E-state index in [1.807, 2.05) is 6.07 Å². The Balaban J connectivity index is 0.00000169. The fourth-order valence-electron chi connectivity index (χ4n) is 5.79. The number of hydrogen-bond donors (Lipinski definition) is 1. The molecule has 4 heteroatoms. The first kappa shape index (κ1) is 17.9. The molecule has 4 aliphatic carbocycles. The van der Waals surface area contributed by atoms with Gasteiger partial charge in [0.05, 0.1) is 0 Å². The van der Waals surface area contributed by atoms with Gasteiger partial charge in [0, 0.05) is 30.5 Å². The lowest BCUT2D eigenvalue weighted by Crippen LogP contribution is -3.00. The van der Waals surface area contributed by atoms with E-state index in [1.54, 1.807) is 0 Å². The molecule has 0 atom stereocenters. The van der Waals surface area contributed by atoms with Crippen LogP contribution in [0, 0.1) is 17.8 Å². The van der Waals surface area contributed by atoms with Crippen molar-refractivity contribution in [2.45, 2.75) is 69.9 Å². The first-order valence-corrected chi connectivity index (χ1v) is 9.46. The molecule has 1 amide bonds. The molecule has 4 bridgehead atoms. The number of nitrogens with one attached hydrogen (secondary N) is 1. The molecule has 132 valence electrons. The number of hydrogen-bond acceptors (Lipinski definition) is 1. The number of amides is 1. The van der Waals surface area contributed by atoms with Gasteiger partial charge in [-0.3, -0.25) is 4.79 Å². The number of aromatic nitrogens is 1. The monoisotopic (exact) mass is 392 g/mol. The maximum Gasteiger partial charge on any atom is 0.220 e. The molecule has 5 rings (SSSR count). The number of nitrogens with zero attached hydrogens (tertiary/aromatic N) is 1. The lowest BCUT2D eigenvalue weighted by Gasteiger charge is -2.56. The number of carbonyl (C=O) groups excluding carboxylic acids is 1. The number of aryl methyl sites for hydroxylation is 1. The molecule has 1 aromatic rings. The Morgan fingerprint density at radius 2 is 1.54 bits per heavy atom. The average molecular weight is 393 g/mol. The first-order valence-electron chi connectivity index (χ1n) is 9.46. The molecule has 0 radical (unpaired) electrons. The molecule has 1 N–H and O–H groups in total. The van der Waals surface area contributed by atoms with Crippen LogP contribution in [0.2, 0.25) is 0 Å². The summed E-state index contributed by atoms with van der Waals surface area (Å²) in [7, 11) is 0. The number of carbonyl (C=O) groups is 1. The van der Waals surface area contributed by atoms with Crippen LogP contribution in [0.15, 0.2) is 30.6 Å². The Morgan fingerprint density at radius 1 is 0.958 bits per heavy atom. The largest absolute Gasteiger partial charge is 1.00 e. The van der Waals surface area contributed by atoms with Gasteiger partial charge in [-0.05, 0) is 62.7 Å². The molecule has 4 saturated carbocycles. The standard InChI is InChI=1S/C20H28N2O.BrH/c23-19(6-2-5-9-22-7-3-1-4-8-22)21-20-13-16-10-17(14-20)12-18(11-16)15-20;/h1,3-4,7-8,16-18H,2,5-6,9-15H2;1H. The fourth-order valence-corrected chi connectivity index (χ4v) is 5.79. The van der Waals surface area contributed by atoms with Crippen molar-refractivity contribution in [3.8, 4) is 0 Å². The Morgan fingerprint density at radius 3 is 2.12 bits per heavy atom. The van der Waals surface area contributed by atoms with Crippen molar-refractivity contribution in [2.75, 3.05) is 0 Å². The molecule has 0 aromatic carbocycles. The predicted octanol–water partition coefficient (Wildman–Crippen LogP) is 0.233. The minimum Gasteiger partial charge on any atom is -1.00 e. The number of halogens is 1. The summed E-state index contributed by atoms with van der Waals surface area (Å²) < 4.78 is 2.19. The van der Waals surface area contributed by atoms with Crippen molar-refractivity contribution in [2.24, 2.45) is 17.8 Å². The maximum atomic E-state index is 12.4. The third-order valence-electron chi connectivity index (χ3n) is 6.29. The van der Waals surface area contributed by atoms with Gasteiger partial charge in [-0.1, -0.05) is 6.07 Å². The van der Waals surface area contributed by atoms with Crippen molar-refractivity contribution in [3.63, 3.8) is 0 Å². The topological polar surface area (TPSA) is 33.0 Å². The molecule has 0 spiro atoms. The van der Waals surface area contributed by atoms with Gasteiger partial charge in [0.1, 0.15) is 6.54 Å². The molecule has 0 unspecified atom stereocenters. The zero-order valence-electron chi connectivity index (χ0n) is 14.4. The van der Waals surface area contributed by atoms with Gasteiger partial charge < -0.3 is 22.3 Å². The second-order valence-corrected chi connectivity index (χ2v) is 8.32. The molecule has 1 aromatic heterocycles. The summed E-state index contributed by atoms with van der Waals surface area (Å²) >= 11 is 0. The predicted molar refractivity (Wildman–Crippen MR) is 89.5 cm³/mol. The summed E-state index contributed by atoms with van der Waals surface area (Å²) in [4.78, 5) is 12.4. The number of rotatable bonds is 6. The van der Waals surface area contributed by atoms with Gasteiger partial charge >= 0.3 is 0 Å². The molecule has 3 nitrogen and oxygen atoms in total. The van der Waals surface area contributed by atoms with Crippen molar-refractivity contribution < 1.29 is 26.3 Å². The summed E-state index contributed by atoms with van der Waals surface area (Å²) in [6.45, 7) is 1.01. The molecular weight excluding hydrogens is 364 g/mol. The minimum absolute atomic E-state index is 0. The van der Waals surface area contributed by atoms with E-state index in [2.05, 4.69) is 34.4 Å². The molecule has 0 saturated heterocycles. The van der Waals surface area contributed by atoms with Gasteiger partial charge in [0.2, 0.25) is 5.91 Å². The Kier molecular flexibility index (Phi) is 5.63. The Bertz CT molecular complexity index is 525. The summed E-state index contributed by atoms with van der Waals surface area (Å²) in [5.74, 6) is 2.99. The first-order chi connectivity index (χ1) is 11.2. The van der Waals surface area contributed by atoms with E-state index in [4.69, 9.17) is 0 Å². The molecular formula is C20H29BrN2O. The van der Waals surface area contributed by atoms with E-state index in [1.165, 1.54) is 38.5 Å². The van der Waals surface area contributed by atoms with Crippen LogP contribution in [0.25, 0.3) is 0 Å². The third kappa shape index (κ3) is 4.01. The van der Waals surface area contributed by atoms with Crippen LogP contribution in [0.1, 0.15) is 57.8 Å². The summed E-state index contributed by atoms with van der Waals surface area (Å²) in [5.41, 5.74) is 0.181. The maximum absolute atomic E-state index is 12.4. The van der Waals surface area contributed by atoms with E-state index < -0.39 is 0 Å². The van der Waals surface area contributed by atoms with Crippen LogP contribution >= 0.6 is 0 Å². The Hall–Kier alpha value is -0.900. The van der Waals surface area contributed by atoms with E-state index >= 15 is 0 Å². The van der Waals surface area contributed by atoms with Gasteiger partial charge in [0.25, 0.3) is 0 Å². The highest BCUT2D eigenvalue weighted by atomic mass is 79.9. The molecule has 24 heavy (non-hydrogen) atoms. The highest BCUT2D eigenvalue weighted by Gasteiger charge is 2.51. The van der Waals surface area contributed by atoms with Gasteiger partial charge in [0.15, 0.2) is 12.4 Å². The second kappa shape index (κ2) is 7.55. The SMILES string of the molecule is O=C(CCCC[n+]1ccccc1)NC12CC3CC(CC(C3)C1)C2.[Br-]. The van der Waals surface area contributed by atoms with Crippen LogP contribution in [0.3, 0.4) is 0 Å². The Labute approximate surface area is 156 Å². The average Bonchev–Trinajstić information content (AvgIpc) is 2.51. The van der Waals surface area contributed by atoms with E-state index in [0.717, 1.165) is 37.1 Å². The highest BCUT2D eigenvalue weighted by molar-refractivity contribution is 5.76. The van der Waals surface area contributed by atoms with E-state index in [9.17, 15) is 4.79 Å². The second-order valence-electron chi connectivity index (χ2n) is 8.32. The smallest absolute Gasteiger partial charge is 0.220 e. The van der Waals surface area contributed by atoms with Gasteiger partial charge in [-0.25, -0.2) is 4.57 Å². The highest BCUT2D eigenvalue weighted by Crippen LogP contribution is 2.55. The normalized spacial score (nSPS) is 33.1. The molecule has 0 aliphatic heterocycles. The lowest BCUT2D eigenvalue weighted by atomic mass is 9.53. The lowest BCUT2D eigenvalue weighted by molar-refractivity contribution is -0.697. The van der Waals surface area contributed by atoms with Crippen LogP contribution in [0.4, 0.5) is 0 Å². The van der Waals surface area contributed by atoms with Gasteiger partial charge in [-0.2, -0.15) is 0 Å². The molecule has 4 aliphatic rings. The van der Waals surface area contributed by atoms with E-state index in [0.29, 0.717) is 12.3 Å². The minimum atomic E-state index is 0. The van der Waals surface area contributed by atoms with Crippen LogP contribution in [-0.2, 0) is 11.3 Å². The number of pyridine rings is 1. The van der Waals surface area contributed by atoms with Crippen LogP contribution < -0.4 is 26.9 Å². The van der Waals surface area contributed by atoms with Gasteiger partial charge in [-0.15, -0.1) is 0 Å². The summed E-state index contributed by atoms with van der Waals surface area (Å²) in [6, 6.07) is 6.15. The zero-order chi connectivity index (χ0) is 15.7. The van der Waals surface area contributed by atoms with Crippen LogP contribution in [-0.4, -0.2) is 11.4 Å². The van der Waals surface area contributed by atoms with Crippen molar-refractivity contribution in [3.05, 3.63) is 30.6 Å². The van der Waals surface area contributed by atoms with Crippen molar-refractivity contribution in [1.29, 1.82) is 0 Å². The number of unbranched alkanes of at least 4 members (excludes halogenated alkanes) is 1. The summed E-state index contributed by atoms with van der Waals surface area (Å²) in [6.07, 6.45) is 15.0. The quantitative estimate of drug-likeness (QED) is 0.545. The molecule has 4 fully saturated rings. The molecule has 1 heterocycles. The van der Waals surface area contributed by atoms with Crippen molar-refractivity contribution >= 4 is 5.91 Å². The third-order valence-corrected chi connectivity index (χ3v) is 6.29. The summed E-state index contributed by atoms with van der Waals surface area (Å²) in [5, 5.41) is 3.48.